The molecule has 37 heavy (non-hydrogen) atoms. The van der Waals surface area contributed by atoms with Crippen LogP contribution in [0, 0.1) is 5.82 Å². The summed E-state index contributed by atoms with van der Waals surface area (Å²) in [5.41, 5.74) is 1.63. The number of amides is 2. The number of carbonyl (C=O) groups is 2. The van der Waals surface area contributed by atoms with E-state index < -0.39 is 16.1 Å². The van der Waals surface area contributed by atoms with Gasteiger partial charge in [0, 0.05) is 30.2 Å². The second-order valence-electron chi connectivity index (χ2n) is 8.82. The monoisotopic (exact) mass is 543 g/mol. The van der Waals surface area contributed by atoms with Crippen molar-refractivity contribution in [3.8, 4) is 0 Å². The molecule has 0 saturated carbocycles. The normalized spacial score (nSPS) is 16.2. The molecule has 0 unspecified atom stereocenters. The zero-order valence-corrected chi connectivity index (χ0v) is 21.6. The zero-order valence-electron chi connectivity index (χ0n) is 20.0. The van der Waals surface area contributed by atoms with Gasteiger partial charge in [0.05, 0.1) is 4.90 Å². The minimum atomic E-state index is -4.03. The molecule has 10 heteroatoms. The number of halogens is 2. The van der Waals surface area contributed by atoms with Crippen molar-refractivity contribution in [1.29, 1.82) is 0 Å². The van der Waals surface area contributed by atoms with Gasteiger partial charge in [-0.05, 0) is 78.9 Å². The predicted octanol–water partition coefficient (Wildman–Crippen LogP) is 4.27. The van der Waals surface area contributed by atoms with Crippen molar-refractivity contribution in [2.24, 2.45) is 0 Å². The highest BCUT2D eigenvalue weighted by Crippen LogP contribution is 2.26. The fourth-order valence-electron chi connectivity index (χ4n) is 4.18. The molecule has 3 aromatic carbocycles. The highest BCUT2D eigenvalue weighted by Gasteiger charge is 2.36. The van der Waals surface area contributed by atoms with E-state index in [1.807, 2.05) is 0 Å². The Kier molecular flexibility index (Phi) is 8.58. The lowest BCUT2D eigenvalue weighted by Crippen LogP contribution is -2.48. The van der Waals surface area contributed by atoms with Crippen LogP contribution >= 0.6 is 11.6 Å². The van der Waals surface area contributed by atoms with Crippen LogP contribution in [-0.2, 0) is 27.9 Å². The minimum absolute atomic E-state index is 0.0438. The van der Waals surface area contributed by atoms with E-state index in [4.69, 9.17) is 11.6 Å². The van der Waals surface area contributed by atoms with Crippen LogP contribution in [0.2, 0.25) is 5.02 Å². The second-order valence-corrected chi connectivity index (χ2v) is 11.1. The summed E-state index contributed by atoms with van der Waals surface area (Å²) in [6, 6.07) is 17.5. The van der Waals surface area contributed by atoms with Crippen molar-refractivity contribution in [2.75, 3.05) is 6.54 Å². The molecule has 0 radical (unpaired) electrons. The third-order valence-corrected chi connectivity index (χ3v) is 8.29. The number of hydrogen-bond acceptors (Lipinski definition) is 4. The molecule has 1 fully saturated rings. The standard InChI is InChI=1S/C27H27ClFN3O4S/c28-22-11-13-24(14-12-22)37(35,36)32(25-6-1-2-15-30-27(25)34)18-19-7-9-21(10-8-19)26(33)31-17-20-4-3-5-23(29)16-20/h3-5,7-14,16,25H,1-2,6,15,17-18H2,(H,30,34)(H,31,33)/t25-/m1/s1. The van der Waals surface area contributed by atoms with E-state index in [1.165, 1.54) is 40.7 Å². The minimum Gasteiger partial charge on any atom is -0.355 e. The van der Waals surface area contributed by atoms with E-state index in [9.17, 15) is 22.4 Å². The van der Waals surface area contributed by atoms with Crippen LogP contribution in [-0.4, -0.2) is 37.1 Å². The first kappa shape index (κ1) is 26.8. The van der Waals surface area contributed by atoms with Crippen molar-refractivity contribution < 1.29 is 22.4 Å². The Morgan fingerprint density at radius 2 is 1.76 bits per heavy atom. The molecule has 1 aliphatic heterocycles. The van der Waals surface area contributed by atoms with Crippen molar-refractivity contribution >= 4 is 33.4 Å². The topological polar surface area (TPSA) is 95.6 Å². The van der Waals surface area contributed by atoms with Gasteiger partial charge < -0.3 is 10.6 Å². The number of sulfonamides is 1. The molecule has 1 atom stereocenters. The maximum Gasteiger partial charge on any atom is 0.251 e. The van der Waals surface area contributed by atoms with Gasteiger partial charge in [-0.15, -0.1) is 0 Å². The molecule has 1 saturated heterocycles. The third-order valence-electron chi connectivity index (χ3n) is 6.17. The van der Waals surface area contributed by atoms with Crippen LogP contribution in [0.4, 0.5) is 4.39 Å². The number of benzene rings is 3. The molecule has 2 amide bonds. The maximum absolute atomic E-state index is 13.6. The van der Waals surface area contributed by atoms with Gasteiger partial charge >= 0.3 is 0 Å². The maximum atomic E-state index is 13.6. The van der Waals surface area contributed by atoms with E-state index in [2.05, 4.69) is 10.6 Å². The molecule has 194 valence electrons. The number of nitrogens with one attached hydrogen (secondary N) is 2. The van der Waals surface area contributed by atoms with Crippen LogP contribution in [0.3, 0.4) is 0 Å². The lowest BCUT2D eigenvalue weighted by Gasteiger charge is -2.29. The molecule has 2 N–H and O–H groups in total. The molecule has 0 aromatic heterocycles. The number of nitrogens with zero attached hydrogens (tertiary/aromatic N) is 1. The van der Waals surface area contributed by atoms with Crippen LogP contribution in [0.15, 0.2) is 77.7 Å². The molecule has 4 rings (SSSR count). The van der Waals surface area contributed by atoms with Gasteiger partial charge in [0.2, 0.25) is 15.9 Å². The van der Waals surface area contributed by atoms with Crippen molar-refractivity contribution in [3.05, 3.63) is 100 Å². The summed E-state index contributed by atoms with van der Waals surface area (Å²) in [5, 5.41) is 5.95. The van der Waals surface area contributed by atoms with Crippen LogP contribution in [0.5, 0.6) is 0 Å². The molecule has 0 spiro atoms. The third kappa shape index (κ3) is 6.74. The van der Waals surface area contributed by atoms with Gasteiger partial charge in [-0.1, -0.05) is 35.9 Å². The summed E-state index contributed by atoms with van der Waals surface area (Å²) in [7, 11) is -4.03. The van der Waals surface area contributed by atoms with Crippen LogP contribution in [0.1, 0.15) is 40.7 Å². The first-order chi connectivity index (χ1) is 17.7. The predicted molar refractivity (Wildman–Crippen MR) is 139 cm³/mol. The van der Waals surface area contributed by atoms with E-state index >= 15 is 0 Å². The Morgan fingerprint density at radius 3 is 2.46 bits per heavy atom. The first-order valence-corrected chi connectivity index (χ1v) is 13.7. The Labute approximate surface area is 220 Å². The number of rotatable bonds is 8. The van der Waals surface area contributed by atoms with E-state index in [1.54, 1.807) is 36.4 Å². The Hall–Kier alpha value is -3.27. The Morgan fingerprint density at radius 1 is 1.03 bits per heavy atom. The lowest BCUT2D eigenvalue weighted by atomic mass is 10.1. The van der Waals surface area contributed by atoms with Crippen molar-refractivity contribution in [3.63, 3.8) is 0 Å². The molecular weight excluding hydrogens is 517 g/mol. The van der Waals surface area contributed by atoms with Crippen molar-refractivity contribution in [1.82, 2.24) is 14.9 Å². The summed E-state index contributed by atoms with van der Waals surface area (Å²) in [5.74, 6) is -1.05. The Bertz CT molecular complexity index is 1370. The largest absolute Gasteiger partial charge is 0.355 e. The molecule has 3 aromatic rings. The molecular formula is C27H27ClFN3O4S. The van der Waals surface area contributed by atoms with Gasteiger partial charge in [0.15, 0.2) is 0 Å². The zero-order chi connectivity index (χ0) is 26.4. The lowest BCUT2D eigenvalue weighted by molar-refractivity contribution is -0.124. The van der Waals surface area contributed by atoms with E-state index in [0.717, 1.165) is 6.42 Å². The van der Waals surface area contributed by atoms with Gasteiger partial charge in [0.25, 0.3) is 5.91 Å². The molecule has 1 aliphatic rings. The van der Waals surface area contributed by atoms with Gasteiger partial charge in [0.1, 0.15) is 11.9 Å². The summed E-state index contributed by atoms with van der Waals surface area (Å²) in [6.45, 7) is 0.625. The SMILES string of the molecule is O=C(NCc1cccc(F)c1)c1ccc(CN([C@@H]2CCCCNC2=O)S(=O)(=O)c2ccc(Cl)cc2)cc1. The van der Waals surface area contributed by atoms with E-state index in [-0.39, 0.29) is 35.6 Å². The summed E-state index contributed by atoms with van der Waals surface area (Å²) < 4.78 is 41.9. The average molecular weight is 544 g/mol. The fraction of sp³-hybridized carbons (Fsp3) is 0.259. The van der Waals surface area contributed by atoms with Crippen LogP contribution < -0.4 is 10.6 Å². The smallest absolute Gasteiger partial charge is 0.251 e. The highest BCUT2D eigenvalue weighted by atomic mass is 35.5. The summed E-state index contributed by atoms with van der Waals surface area (Å²) in [6.07, 6.45) is 1.89. The summed E-state index contributed by atoms with van der Waals surface area (Å²) >= 11 is 5.95. The molecule has 7 nitrogen and oxygen atoms in total. The van der Waals surface area contributed by atoms with Gasteiger partial charge in [-0.2, -0.15) is 4.31 Å². The second kappa shape index (κ2) is 11.9. The number of carbonyl (C=O) groups excluding carboxylic acids is 2. The van der Waals surface area contributed by atoms with Gasteiger partial charge in [-0.25, -0.2) is 12.8 Å². The molecule has 1 heterocycles. The Balaban J connectivity index is 1.54. The first-order valence-electron chi connectivity index (χ1n) is 11.9. The fourth-order valence-corrected chi connectivity index (χ4v) is 5.91. The molecule has 0 bridgehead atoms. The van der Waals surface area contributed by atoms with Gasteiger partial charge in [-0.3, -0.25) is 9.59 Å². The molecule has 0 aliphatic carbocycles. The van der Waals surface area contributed by atoms with Crippen LogP contribution in [0.25, 0.3) is 0 Å². The highest BCUT2D eigenvalue weighted by molar-refractivity contribution is 7.89. The van der Waals surface area contributed by atoms with Crippen molar-refractivity contribution in [2.45, 2.75) is 43.3 Å². The average Bonchev–Trinajstić information content (AvgIpc) is 3.10. The number of hydrogen-bond donors (Lipinski definition) is 2. The van der Waals surface area contributed by atoms with E-state index in [0.29, 0.717) is 41.1 Å². The summed E-state index contributed by atoms with van der Waals surface area (Å²) in [4.78, 5) is 25.4. The quantitative estimate of drug-likeness (QED) is 0.443.